The molecule has 0 aliphatic heterocycles. The number of rotatable bonds is 5. The third-order valence-corrected chi connectivity index (χ3v) is 2.44. The van der Waals surface area contributed by atoms with Crippen LogP contribution in [-0.2, 0) is 0 Å². The summed E-state index contributed by atoms with van der Waals surface area (Å²) < 4.78 is 35.6. The molecule has 0 aromatic carbocycles. The van der Waals surface area contributed by atoms with Crippen molar-refractivity contribution >= 4 is 0 Å². The number of aliphatic hydroxyl groups excluding tert-OH is 1. The molecule has 15 heavy (non-hydrogen) atoms. The molecule has 0 aromatic heterocycles. The first-order valence-corrected chi connectivity index (χ1v) is 4.75. The molecular formula is C9H18F3NO2. The van der Waals surface area contributed by atoms with Gasteiger partial charge in [-0.1, -0.05) is 13.8 Å². The van der Waals surface area contributed by atoms with Crippen LogP contribution in [0.3, 0.4) is 0 Å². The molecule has 92 valence electrons. The van der Waals surface area contributed by atoms with E-state index in [0.29, 0.717) is 0 Å². The highest BCUT2D eigenvalue weighted by atomic mass is 19.4. The molecule has 0 aliphatic rings. The Morgan fingerprint density at radius 1 is 1.27 bits per heavy atom. The van der Waals surface area contributed by atoms with Crippen LogP contribution in [-0.4, -0.2) is 41.2 Å². The Hall–Kier alpha value is -0.330. The smallest absolute Gasteiger partial charge is 0.389 e. The second kappa shape index (κ2) is 5.14. The fraction of sp³-hybridized carbons (Fsp3) is 1.00. The van der Waals surface area contributed by atoms with Crippen LogP contribution in [0.2, 0.25) is 0 Å². The molecule has 6 heteroatoms. The molecule has 0 aromatic rings. The monoisotopic (exact) mass is 229 g/mol. The van der Waals surface area contributed by atoms with Gasteiger partial charge in [0.25, 0.3) is 0 Å². The molecule has 0 saturated heterocycles. The van der Waals surface area contributed by atoms with Gasteiger partial charge in [0.15, 0.2) is 6.10 Å². The van der Waals surface area contributed by atoms with Gasteiger partial charge in [-0.3, -0.25) is 0 Å². The van der Waals surface area contributed by atoms with Crippen LogP contribution in [0.25, 0.3) is 0 Å². The van der Waals surface area contributed by atoms with Gasteiger partial charge in [0.2, 0.25) is 0 Å². The average Bonchev–Trinajstić information content (AvgIpc) is 2.01. The molecule has 0 heterocycles. The lowest BCUT2D eigenvalue weighted by atomic mass is 9.92. The van der Waals surface area contributed by atoms with Gasteiger partial charge in [-0.2, -0.15) is 13.2 Å². The molecule has 3 nitrogen and oxygen atoms in total. The number of alkyl halides is 3. The van der Waals surface area contributed by atoms with Crippen molar-refractivity contribution < 1.29 is 23.4 Å². The number of nitrogens with one attached hydrogen (secondary N) is 1. The van der Waals surface area contributed by atoms with Crippen molar-refractivity contribution in [1.82, 2.24) is 5.32 Å². The van der Waals surface area contributed by atoms with Gasteiger partial charge in [-0.25, -0.2) is 0 Å². The minimum Gasteiger partial charge on any atom is -0.389 e. The minimum absolute atomic E-state index is 0.0117. The predicted octanol–water partition coefficient (Wildman–Crippen LogP) is 0.906. The van der Waals surface area contributed by atoms with E-state index in [1.54, 1.807) is 13.8 Å². The third kappa shape index (κ3) is 5.34. The summed E-state index contributed by atoms with van der Waals surface area (Å²) in [6, 6.07) is 0. The normalized spacial score (nSPS) is 19.0. The largest absolute Gasteiger partial charge is 0.415 e. The maximum absolute atomic E-state index is 11.9. The zero-order chi connectivity index (χ0) is 12.3. The van der Waals surface area contributed by atoms with E-state index in [-0.39, 0.29) is 12.5 Å². The first-order chi connectivity index (χ1) is 6.57. The molecule has 0 aliphatic carbocycles. The van der Waals surface area contributed by atoms with Gasteiger partial charge < -0.3 is 15.5 Å². The van der Waals surface area contributed by atoms with Crippen molar-refractivity contribution in [3.63, 3.8) is 0 Å². The second-order valence-corrected chi connectivity index (χ2v) is 4.20. The van der Waals surface area contributed by atoms with Gasteiger partial charge in [0, 0.05) is 13.1 Å². The Bertz CT molecular complexity index is 192. The first kappa shape index (κ1) is 14.7. The van der Waals surface area contributed by atoms with E-state index >= 15 is 0 Å². The van der Waals surface area contributed by atoms with Gasteiger partial charge in [-0.05, 0) is 12.8 Å². The van der Waals surface area contributed by atoms with Gasteiger partial charge in [0.1, 0.15) is 0 Å². The Labute approximate surface area is 87.3 Å². The summed E-state index contributed by atoms with van der Waals surface area (Å²) in [5, 5.41) is 20.7. The number of aliphatic hydroxyl groups is 2. The summed E-state index contributed by atoms with van der Waals surface area (Å²) in [7, 11) is 0. The van der Waals surface area contributed by atoms with Crippen molar-refractivity contribution in [3.8, 4) is 0 Å². The molecule has 0 bridgehead atoms. The quantitative estimate of drug-likeness (QED) is 0.656. The summed E-state index contributed by atoms with van der Waals surface area (Å²) in [5.41, 5.74) is -1.08. The molecule has 0 saturated carbocycles. The van der Waals surface area contributed by atoms with Crippen LogP contribution in [0.4, 0.5) is 13.2 Å². The number of halogens is 3. The van der Waals surface area contributed by atoms with Crippen LogP contribution in [0.1, 0.15) is 20.8 Å². The molecule has 0 spiro atoms. The van der Waals surface area contributed by atoms with E-state index in [1.807, 2.05) is 0 Å². The van der Waals surface area contributed by atoms with Crippen LogP contribution >= 0.6 is 0 Å². The summed E-state index contributed by atoms with van der Waals surface area (Å²) in [6.07, 6.45) is -7.00. The lowest BCUT2D eigenvalue weighted by molar-refractivity contribution is -0.202. The van der Waals surface area contributed by atoms with E-state index in [1.165, 1.54) is 6.92 Å². The molecule has 3 N–H and O–H groups in total. The van der Waals surface area contributed by atoms with Crippen LogP contribution in [0.5, 0.6) is 0 Å². The molecular weight excluding hydrogens is 211 g/mol. The van der Waals surface area contributed by atoms with Crippen molar-refractivity contribution in [3.05, 3.63) is 0 Å². The predicted molar refractivity (Wildman–Crippen MR) is 50.4 cm³/mol. The fourth-order valence-corrected chi connectivity index (χ4v) is 0.782. The molecule has 2 atom stereocenters. The van der Waals surface area contributed by atoms with Gasteiger partial charge in [0.05, 0.1) is 5.60 Å². The topological polar surface area (TPSA) is 52.5 Å². The molecule has 2 unspecified atom stereocenters. The first-order valence-electron chi connectivity index (χ1n) is 4.75. The van der Waals surface area contributed by atoms with Crippen LogP contribution in [0, 0.1) is 5.92 Å². The Morgan fingerprint density at radius 3 is 2.07 bits per heavy atom. The zero-order valence-corrected chi connectivity index (χ0v) is 9.10. The van der Waals surface area contributed by atoms with E-state index in [9.17, 15) is 18.3 Å². The zero-order valence-electron chi connectivity index (χ0n) is 9.10. The SMILES string of the molecule is CC(C)C(C)(O)CNCC(O)C(F)(F)F. The van der Waals surface area contributed by atoms with Crippen molar-refractivity contribution in [2.45, 2.75) is 38.7 Å². The summed E-state index contributed by atoms with van der Waals surface area (Å²) in [4.78, 5) is 0. The van der Waals surface area contributed by atoms with Crippen molar-refractivity contribution in [1.29, 1.82) is 0 Å². The number of hydrogen-bond donors (Lipinski definition) is 3. The highest BCUT2D eigenvalue weighted by Crippen LogP contribution is 2.19. The molecule has 0 rings (SSSR count). The maximum Gasteiger partial charge on any atom is 0.415 e. The standard InChI is InChI=1S/C9H18F3NO2/c1-6(2)8(3,15)5-13-4-7(14)9(10,11)12/h6-7,13-15H,4-5H2,1-3H3. The molecule has 0 fully saturated rings. The summed E-state index contributed by atoms with van der Waals surface area (Å²) in [6.45, 7) is 4.47. The lowest BCUT2D eigenvalue weighted by Gasteiger charge is -2.28. The second-order valence-electron chi connectivity index (χ2n) is 4.20. The van der Waals surface area contributed by atoms with E-state index in [2.05, 4.69) is 5.32 Å². The lowest BCUT2D eigenvalue weighted by Crippen LogP contribution is -2.46. The Kier molecular flexibility index (Phi) is 5.02. The van der Waals surface area contributed by atoms with Crippen LogP contribution < -0.4 is 5.32 Å². The number of hydrogen-bond acceptors (Lipinski definition) is 3. The van der Waals surface area contributed by atoms with Crippen molar-refractivity contribution in [2.75, 3.05) is 13.1 Å². The van der Waals surface area contributed by atoms with Gasteiger partial charge >= 0.3 is 6.18 Å². The summed E-state index contributed by atoms with van der Waals surface area (Å²) in [5.74, 6) is -0.0759. The Morgan fingerprint density at radius 2 is 1.73 bits per heavy atom. The highest BCUT2D eigenvalue weighted by Gasteiger charge is 2.38. The van der Waals surface area contributed by atoms with Crippen molar-refractivity contribution in [2.24, 2.45) is 5.92 Å². The third-order valence-electron chi connectivity index (χ3n) is 2.44. The molecule has 0 radical (unpaired) electrons. The minimum atomic E-state index is -4.61. The van der Waals surface area contributed by atoms with E-state index in [0.717, 1.165) is 0 Å². The fourth-order valence-electron chi connectivity index (χ4n) is 0.782. The van der Waals surface area contributed by atoms with E-state index < -0.39 is 24.4 Å². The molecule has 0 amide bonds. The maximum atomic E-state index is 11.9. The van der Waals surface area contributed by atoms with E-state index in [4.69, 9.17) is 5.11 Å². The Balaban J connectivity index is 3.90. The average molecular weight is 229 g/mol. The van der Waals surface area contributed by atoms with Gasteiger partial charge in [-0.15, -0.1) is 0 Å². The highest BCUT2D eigenvalue weighted by molar-refractivity contribution is 4.80. The van der Waals surface area contributed by atoms with Crippen LogP contribution in [0.15, 0.2) is 0 Å². The summed E-state index contributed by atoms with van der Waals surface area (Å²) >= 11 is 0.